The lowest BCUT2D eigenvalue weighted by molar-refractivity contribution is 0.451. The molecule has 14 heavy (non-hydrogen) atoms. The molecule has 2 heterocycles. The van der Waals surface area contributed by atoms with Gasteiger partial charge in [0.25, 0.3) is 5.71 Å². The highest BCUT2D eigenvalue weighted by Gasteiger charge is 2.15. The Kier molecular flexibility index (Phi) is 2.07. The molecule has 0 radical (unpaired) electrons. The standard InChI is InChI=1S/C9H10ClN3O/c1-4-6-8(11-3)13-14-9(6)12-5(2)7(4)10/h1-3H3,(H,11,13). The molecule has 0 aliphatic carbocycles. The Balaban J connectivity index is 2.88. The molecule has 0 aliphatic heterocycles. The highest BCUT2D eigenvalue weighted by molar-refractivity contribution is 6.33. The van der Waals surface area contributed by atoms with Crippen molar-refractivity contribution in [3.63, 3.8) is 0 Å². The minimum atomic E-state index is 0.522. The molecule has 0 unspecified atom stereocenters. The quantitative estimate of drug-likeness (QED) is 0.788. The fraction of sp³-hybridized carbons (Fsp3) is 0.333. The number of halogens is 1. The number of hydrogen-bond acceptors (Lipinski definition) is 4. The van der Waals surface area contributed by atoms with Gasteiger partial charge >= 0.3 is 0 Å². The summed E-state index contributed by atoms with van der Waals surface area (Å²) in [5.74, 6) is 0.673. The van der Waals surface area contributed by atoms with Crippen LogP contribution in [0.2, 0.25) is 5.02 Å². The maximum atomic E-state index is 6.08. The Labute approximate surface area is 86.2 Å². The summed E-state index contributed by atoms with van der Waals surface area (Å²) < 4.78 is 5.07. The van der Waals surface area contributed by atoms with Gasteiger partial charge in [-0.25, -0.2) is 4.98 Å². The maximum Gasteiger partial charge on any atom is 0.260 e. The molecule has 2 rings (SSSR count). The summed E-state index contributed by atoms with van der Waals surface area (Å²) in [6, 6.07) is 0. The lowest BCUT2D eigenvalue weighted by Gasteiger charge is -2.02. The lowest BCUT2D eigenvalue weighted by atomic mass is 10.2. The van der Waals surface area contributed by atoms with Gasteiger partial charge in [-0.15, -0.1) is 0 Å². The van der Waals surface area contributed by atoms with Crippen LogP contribution in [-0.2, 0) is 0 Å². The van der Waals surface area contributed by atoms with Gasteiger partial charge in [0.2, 0.25) is 0 Å². The minimum absolute atomic E-state index is 0.522. The highest BCUT2D eigenvalue weighted by Crippen LogP contribution is 2.30. The van der Waals surface area contributed by atoms with Crippen LogP contribution in [0.1, 0.15) is 11.3 Å². The van der Waals surface area contributed by atoms with Crippen LogP contribution in [0.5, 0.6) is 0 Å². The fourth-order valence-corrected chi connectivity index (χ4v) is 1.59. The van der Waals surface area contributed by atoms with E-state index in [1.54, 1.807) is 7.05 Å². The largest absolute Gasteiger partial charge is 0.370 e. The van der Waals surface area contributed by atoms with Gasteiger partial charge < -0.3 is 9.84 Å². The van der Waals surface area contributed by atoms with Crippen molar-refractivity contribution in [2.75, 3.05) is 12.4 Å². The Morgan fingerprint density at radius 2 is 2.07 bits per heavy atom. The van der Waals surface area contributed by atoms with Crippen molar-refractivity contribution >= 4 is 28.5 Å². The zero-order valence-electron chi connectivity index (χ0n) is 8.18. The summed E-state index contributed by atoms with van der Waals surface area (Å²) >= 11 is 6.08. The molecular weight excluding hydrogens is 202 g/mol. The summed E-state index contributed by atoms with van der Waals surface area (Å²) in [4.78, 5) is 4.20. The Bertz CT molecular complexity index is 492. The molecule has 1 N–H and O–H groups in total. The first-order chi connectivity index (χ1) is 6.65. The second kappa shape index (κ2) is 3.13. The predicted octanol–water partition coefficient (Wildman–Crippen LogP) is 2.53. The molecule has 0 amide bonds. The van der Waals surface area contributed by atoms with E-state index in [1.807, 2.05) is 13.8 Å². The molecule has 74 valence electrons. The number of aryl methyl sites for hydroxylation is 2. The second-order valence-electron chi connectivity index (χ2n) is 3.10. The number of anilines is 1. The Morgan fingerprint density at radius 3 is 2.71 bits per heavy atom. The molecule has 0 saturated heterocycles. The van der Waals surface area contributed by atoms with Crippen molar-refractivity contribution in [1.29, 1.82) is 0 Å². The van der Waals surface area contributed by atoms with Crippen molar-refractivity contribution in [3.05, 3.63) is 16.3 Å². The number of fused-ring (bicyclic) bond motifs is 1. The van der Waals surface area contributed by atoms with Crippen molar-refractivity contribution in [3.8, 4) is 0 Å². The van der Waals surface area contributed by atoms with E-state index in [4.69, 9.17) is 16.1 Å². The van der Waals surface area contributed by atoms with Gasteiger partial charge in [0.15, 0.2) is 5.82 Å². The minimum Gasteiger partial charge on any atom is -0.370 e. The van der Waals surface area contributed by atoms with Gasteiger partial charge in [0.1, 0.15) is 0 Å². The SMILES string of the molecule is CNc1noc2nc(C)c(Cl)c(C)c12. The smallest absolute Gasteiger partial charge is 0.260 e. The van der Waals surface area contributed by atoms with Gasteiger partial charge in [0.05, 0.1) is 16.1 Å². The van der Waals surface area contributed by atoms with Crippen LogP contribution in [0.25, 0.3) is 11.1 Å². The van der Waals surface area contributed by atoms with E-state index in [1.165, 1.54) is 0 Å². The molecule has 2 aromatic heterocycles. The number of nitrogens with one attached hydrogen (secondary N) is 1. The fourth-order valence-electron chi connectivity index (χ4n) is 1.45. The molecule has 0 aromatic carbocycles. The molecule has 0 spiro atoms. The third kappa shape index (κ3) is 1.14. The molecule has 0 fully saturated rings. The van der Waals surface area contributed by atoms with Crippen molar-refractivity contribution in [2.45, 2.75) is 13.8 Å². The lowest BCUT2D eigenvalue weighted by Crippen LogP contribution is -1.92. The average molecular weight is 212 g/mol. The van der Waals surface area contributed by atoms with E-state index in [-0.39, 0.29) is 0 Å². The van der Waals surface area contributed by atoms with E-state index in [0.29, 0.717) is 16.6 Å². The van der Waals surface area contributed by atoms with Crippen LogP contribution in [-0.4, -0.2) is 17.2 Å². The zero-order chi connectivity index (χ0) is 10.3. The monoisotopic (exact) mass is 211 g/mol. The predicted molar refractivity (Wildman–Crippen MR) is 55.8 cm³/mol. The van der Waals surface area contributed by atoms with Crippen molar-refractivity contribution < 1.29 is 4.52 Å². The van der Waals surface area contributed by atoms with E-state index >= 15 is 0 Å². The van der Waals surface area contributed by atoms with E-state index in [9.17, 15) is 0 Å². The Hall–Kier alpha value is -1.29. The number of nitrogens with zero attached hydrogens (tertiary/aromatic N) is 2. The third-order valence-corrected chi connectivity index (χ3v) is 2.76. The number of hydrogen-bond donors (Lipinski definition) is 1. The van der Waals surface area contributed by atoms with Gasteiger partial charge in [-0.05, 0) is 19.4 Å². The molecule has 2 aromatic rings. The van der Waals surface area contributed by atoms with Crippen LogP contribution in [0.4, 0.5) is 5.82 Å². The van der Waals surface area contributed by atoms with Gasteiger partial charge in [-0.3, -0.25) is 0 Å². The summed E-state index contributed by atoms with van der Waals surface area (Å²) in [6.07, 6.45) is 0. The van der Waals surface area contributed by atoms with Crippen LogP contribution in [0, 0.1) is 13.8 Å². The molecule has 0 bridgehead atoms. The molecular formula is C9H10ClN3O. The first-order valence-electron chi connectivity index (χ1n) is 4.25. The van der Waals surface area contributed by atoms with Crippen molar-refractivity contribution in [1.82, 2.24) is 10.1 Å². The molecule has 0 atom stereocenters. The van der Waals surface area contributed by atoms with Crippen LogP contribution >= 0.6 is 11.6 Å². The summed E-state index contributed by atoms with van der Waals surface area (Å²) in [5, 5.41) is 8.30. The van der Waals surface area contributed by atoms with Gasteiger partial charge in [-0.2, -0.15) is 0 Å². The van der Waals surface area contributed by atoms with Crippen molar-refractivity contribution in [2.24, 2.45) is 0 Å². The van der Waals surface area contributed by atoms with Gasteiger partial charge in [-0.1, -0.05) is 16.8 Å². The number of aromatic nitrogens is 2. The van der Waals surface area contributed by atoms with Gasteiger partial charge in [0, 0.05) is 7.05 Å². The van der Waals surface area contributed by atoms with Crippen LogP contribution in [0.3, 0.4) is 0 Å². The van der Waals surface area contributed by atoms with E-state index in [2.05, 4.69) is 15.5 Å². The normalized spacial score (nSPS) is 10.9. The average Bonchev–Trinajstić information content (AvgIpc) is 2.57. The first kappa shape index (κ1) is 9.27. The molecule has 5 heteroatoms. The summed E-state index contributed by atoms with van der Waals surface area (Å²) in [6.45, 7) is 3.77. The second-order valence-corrected chi connectivity index (χ2v) is 3.48. The highest BCUT2D eigenvalue weighted by atomic mass is 35.5. The maximum absolute atomic E-state index is 6.08. The summed E-state index contributed by atoms with van der Waals surface area (Å²) in [7, 11) is 1.78. The van der Waals surface area contributed by atoms with Crippen LogP contribution in [0.15, 0.2) is 4.52 Å². The molecule has 0 saturated carbocycles. The zero-order valence-corrected chi connectivity index (χ0v) is 8.94. The Morgan fingerprint density at radius 1 is 1.36 bits per heavy atom. The van der Waals surface area contributed by atoms with Crippen LogP contribution < -0.4 is 5.32 Å². The molecule has 0 aliphatic rings. The number of rotatable bonds is 1. The third-order valence-electron chi connectivity index (χ3n) is 2.20. The topological polar surface area (TPSA) is 51.0 Å². The van der Waals surface area contributed by atoms with E-state index in [0.717, 1.165) is 16.6 Å². The number of pyridine rings is 1. The first-order valence-corrected chi connectivity index (χ1v) is 4.62. The molecule has 4 nitrogen and oxygen atoms in total. The summed E-state index contributed by atoms with van der Waals surface area (Å²) in [5.41, 5.74) is 2.23. The van der Waals surface area contributed by atoms with E-state index < -0.39 is 0 Å².